The summed E-state index contributed by atoms with van der Waals surface area (Å²) in [6, 6.07) is 11.1. The molecule has 1 aromatic heterocycles. The van der Waals surface area contributed by atoms with Gasteiger partial charge >= 0.3 is 0 Å². The molecule has 0 saturated heterocycles. The molecule has 3 rings (SSSR count). The minimum absolute atomic E-state index is 0.0909. The lowest BCUT2D eigenvalue weighted by atomic mass is 10.1. The summed E-state index contributed by atoms with van der Waals surface area (Å²) in [6.45, 7) is 4.60. The van der Waals surface area contributed by atoms with E-state index < -0.39 is 0 Å². The SMILES string of the molecule is Cc1cccc(I)c1Cn1nc(C)c2ccc([N+](=O)[O-])cc21. The molecule has 0 fully saturated rings. The molecular weight excluding hydrogens is 393 g/mol. The second kappa shape index (κ2) is 5.68. The maximum absolute atomic E-state index is 11.0. The van der Waals surface area contributed by atoms with Crippen LogP contribution >= 0.6 is 22.6 Å². The first kappa shape index (κ1) is 15.0. The fourth-order valence-electron chi connectivity index (χ4n) is 2.58. The molecule has 0 aliphatic carbocycles. The molecular formula is C16H14IN3O2. The van der Waals surface area contributed by atoms with Gasteiger partial charge in [-0.3, -0.25) is 14.8 Å². The van der Waals surface area contributed by atoms with Crippen molar-refractivity contribution in [2.24, 2.45) is 0 Å². The molecule has 0 bridgehead atoms. The Hall–Kier alpha value is -1.96. The lowest BCUT2D eigenvalue weighted by molar-refractivity contribution is -0.384. The lowest BCUT2D eigenvalue weighted by Gasteiger charge is -2.09. The molecule has 22 heavy (non-hydrogen) atoms. The predicted molar refractivity (Wildman–Crippen MR) is 94.1 cm³/mol. The number of nitro benzene ring substituents is 1. The van der Waals surface area contributed by atoms with Gasteiger partial charge in [-0.1, -0.05) is 12.1 Å². The molecule has 0 aliphatic rings. The number of aromatic nitrogens is 2. The van der Waals surface area contributed by atoms with Crippen molar-refractivity contribution >= 4 is 39.2 Å². The lowest BCUT2D eigenvalue weighted by Crippen LogP contribution is -2.05. The van der Waals surface area contributed by atoms with Crippen LogP contribution in [0.25, 0.3) is 10.9 Å². The van der Waals surface area contributed by atoms with Crippen molar-refractivity contribution in [3.8, 4) is 0 Å². The van der Waals surface area contributed by atoms with Crippen LogP contribution in [0.5, 0.6) is 0 Å². The van der Waals surface area contributed by atoms with E-state index in [2.05, 4.69) is 46.7 Å². The predicted octanol–water partition coefficient (Wildman–Crippen LogP) is 4.21. The first-order valence-electron chi connectivity index (χ1n) is 6.83. The third kappa shape index (κ3) is 2.58. The molecule has 6 heteroatoms. The Morgan fingerprint density at radius 1 is 1.27 bits per heavy atom. The summed E-state index contributed by atoms with van der Waals surface area (Å²) in [5.74, 6) is 0. The average molecular weight is 407 g/mol. The molecule has 0 atom stereocenters. The van der Waals surface area contributed by atoms with Gasteiger partial charge in [-0.25, -0.2) is 0 Å². The van der Waals surface area contributed by atoms with E-state index in [1.165, 1.54) is 20.8 Å². The molecule has 112 valence electrons. The zero-order chi connectivity index (χ0) is 15.9. The summed E-state index contributed by atoms with van der Waals surface area (Å²) in [5.41, 5.74) is 4.16. The minimum Gasteiger partial charge on any atom is -0.260 e. The van der Waals surface area contributed by atoms with Crippen LogP contribution in [0.1, 0.15) is 16.8 Å². The van der Waals surface area contributed by atoms with Crippen molar-refractivity contribution < 1.29 is 4.92 Å². The quantitative estimate of drug-likeness (QED) is 0.371. The number of aryl methyl sites for hydroxylation is 2. The third-order valence-corrected chi connectivity index (χ3v) is 4.80. The molecule has 0 radical (unpaired) electrons. The van der Waals surface area contributed by atoms with Gasteiger partial charge in [0.25, 0.3) is 5.69 Å². The van der Waals surface area contributed by atoms with Gasteiger partial charge in [0.15, 0.2) is 0 Å². The van der Waals surface area contributed by atoms with E-state index in [0.717, 1.165) is 16.6 Å². The molecule has 0 N–H and O–H groups in total. The molecule has 3 aromatic rings. The van der Waals surface area contributed by atoms with Gasteiger partial charge < -0.3 is 0 Å². The van der Waals surface area contributed by atoms with Crippen LogP contribution < -0.4 is 0 Å². The molecule has 0 amide bonds. The van der Waals surface area contributed by atoms with Crippen molar-refractivity contribution in [1.29, 1.82) is 0 Å². The van der Waals surface area contributed by atoms with E-state index in [4.69, 9.17) is 0 Å². The number of hydrogen-bond acceptors (Lipinski definition) is 3. The highest BCUT2D eigenvalue weighted by atomic mass is 127. The first-order chi connectivity index (χ1) is 10.5. The van der Waals surface area contributed by atoms with E-state index in [1.807, 2.05) is 17.7 Å². The molecule has 1 heterocycles. The summed E-state index contributed by atoms with van der Waals surface area (Å²) in [6.07, 6.45) is 0. The highest BCUT2D eigenvalue weighted by Gasteiger charge is 2.14. The van der Waals surface area contributed by atoms with Crippen molar-refractivity contribution in [2.45, 2.75) is 20.4 Å². The largest absolute Gasteiger partial charge is 0.271 e. The normalized spacial score (nSPS) is 11.0. The van der Waals surface area contributed by atoms with Crippen LogP contribution in [-0.2, 0) is 6.54 Å². The van der Waals surface area contributed by atoms with Gasteiger partial charge in [-0.2, -0.15) is 5.10 Å². The van der Waals surface area contributed by atoms with Gasteiger partial charge in [-0.15, -0.1) is 0 Å². The second-order valence-electron chi connectivity index (χ2n) is 5.24. The van der Waals surface area contributed by atoms with Crippen LogP contribution in [0.4, 0.5) is 5.69 Å². The maximum Gasteiger partial charge on any atom is 0.271 e. The molecule has 0 saturated carbocycles. The average Bonchev–Trinajstić information content (AvgIpc) is 2.79. The topological polar surface area (TPSA) is 61.0 Å². The zero-order valence-electron chi connectivity index (χ0n) is 12.2. The van der Waals surface area contributed by atoms with E-state index in [-0.39, 0.29) is 10.6 Å². The Labute approximate surface area is 141 Å². The van der Waals surface area contributed by atoms with Crippen LogP contribution in [0.15, 0.2) is 36.4 Å². The molecule has 0 spiro atoms. The van der Waals surface area contributed by atoms with Crippen molar-refractivity contribution in [2.75, 3.05) is 0 Å². The number of non-ortho nitro benzene ring substituents is 1. The van der Waals surface area contributed by atoms with Gasteiger partial charge in [0, 0.05) is 21.1 Å². The Kier molecular flexibility index (Phi) is 3.86. The number of nitrogens with zero attached hydrogens (tertiary/aromatic N) is 3. The molecule has 5 nitrogen and oxygen atoms in total. The second-order valence-corrected chi connectivity index (χ2v) is 6.40. The highest BCUT2D eigenvalue weighted by molar-refractivity contribution is 14.1. The van der Waals surface area contributed by atoms with E-state index in [1.54, 1.807) is 12.1 Å². The summed E-state index contributed by atoms with van der Waals surface area (Å²) >= 11 is 2.31. The Bertz CT molecular complexity index is 866. The van der Waals surface area contributed by atoms with Crippen molar-refractivity contribution in [3.05, 3.63) is 66.9 Å². The standard InChI is InChI=1S/C16H14IN3O2/c1-10-4-3-5-15(17)14(10)9-19-16-8-12(20(21)22)6-7-13(16)11(2)18-19/h3-8H,9H2,1-2H3. The first-order valence-corrected chi connectivity index (χ1v) is 7.91. The highest BCUT2D eigenvalue weighted by Crippen LogP contribution is 2.25. The summed E-state index contributed by atoms with van der Waals surface area (Å²) in [5, 5.41) is 16.5. The van der Waals surface area contributed by atoms with E-state index >= 15 is 0 Å². The van der Waals surface area contributed by atoms with Gasteiger partial charge in [-0.05, 0) is 59.7 Å². The van der Waals surface area contributed by atoms with Gasteiger partial charge in [0.05, 0.1) is 22.7 Å². The summed E-state index contributed by atoms with van der Waals surface area (Å²) in [4.78, 5) is 10.6. The molecule has 0 unspecified atom stereocenters. The van der Waals surface area contributed by atoms with Crippen molar-refractivity contribution in [3.63, 3.8) is 0 Å². The van der Waals surface area contributed by atoms with E-state index in [9.17, 15) is 10.1 Å². The fraction of sp³-hybridized carbons (Fsp3) is 0.188. The smallest absolute Gasteiger partial charge is 0.260 e. The molecule has 0 aliphatic heterocycles. The minimum atomic E-state index is -0.371. The van der Waals surface area contributed by atoms with Gasteiger partial charge in [0.2, 0.25) is 0 Å². The van der Waals surface area contributed by atoms with Crippen LogP contribution in [0.3, 0.4) is 0 Å². The number of nitro groups is 1. The third-order valence-electron chi connectivity index (χ3n) is 3.79. The Morgan fingerprint density at radius 3 is 2.73 bits per heavy atom. The number of rotatable bonds is 3. The maximum atomic E-state index is 11.0. The van der Waals surface area contributed by atoms with Gasteiger partial charge in [0.1, 0.15) is 0 Å². The van der Waals surface area contributed by atoms with Crippen molar-refractivity contribution in [1.82, 2.24) is 9.78 Å². The summed E-state index contributed by atoms with van der Waals surface area (Å²) < 4.78 is 3.02. The van der Waals surface area contributed by atoms with Crippen LogP contribution in [-0.4, -0.2) is 14.7 Å². The zero-order valence-corrected chi connectivity index (χ0v) is 14.4. The monoisotopic (exact) mass is 407 g/mol. The molecule has 2 aromatic carbocycles. The number of hydrogen-bond donors (Lipinski definition) is 0. The Balaban J connectivity index is 2.14. The summed E-state index contributed by atoms with van der Waals surface area (Å²) in [7, 11) is 0. The number of fused-ring (bicyclic) bond motifs is 1. The van der Waals surface area contributed by atoms with Crippen LogP contribution in [0.2, 0.25) is 0 Å². The Morgan fingerprint density at radius 2 is 2.05 bits per heavy atom. The van der Waals surface area contributed by atoms with E-state index in [0.29, 0.717) is 6.54 Å². The van der Waals surface area contributed by atoms with Crippen LogP contribution in [0, 0.1) is 27.5 Å². The fourth-order valence-corrected chi connectivity index (χ4v) is 3.38. The number of halogens is 1. The number of benzene rings is 2.